The minimum Gasteiger partial charge on any atom is -0.480 e. The van der Waals surface area contributed by atoms with Crippen LogP contribution in [0.4, 0.5) is 0 Å². The van der Waals surface area contributed by atoms with Crippen LogP contribution in [0.1, 0.15) is 52.3 Å². The van der Waals surface area contributed by atoms with Crippen LogP contribution in [-0.4, -0.2) is 64.5 Å². The van der Waals surface area contributed by atoms with Crippen molar-refractivity contribution in [2.75, 3.05) is 33.8 Å². The average Bonchev–Trinajstić information content (AvgIpc) is 3.39. The molecule has 1 saturated heterocycles. The second-order valence-electron chi connectivity index (χ2n) is 8.23. The lowest BCUT2D eigenvalue weighted by Crippen LogP contribution is -2.55. The summed E-state index contributed by atoms with van der Waals surface area (Å²) in [7, 11) is 3.78. The maximum absolute atomic E-state index is 13.3. The van der Waals surface area contributed by atoms with E-state index in [1.165, 1.54) is 17.0 Å². The third-order valence-corrected chi connectivity index (χ3v) is 6.90. The zero-order chi connectivity index (χ0) is 19.3. The first kappa shape index (κ1) is 17.7. The topological polar surface area (TPSA) is 74.3 Å². The number of hydrogen-bond donors (Lipinski definition) is 1. The number of rotatable bonds is 2. The number of methoxy groups -OCH3 is 1. The molecule has 148 valence electrons. The Kier molecular flexibility index (Phi) is 4.16. The molecule has 1 N–H and O–H groups in total. The van der Waals surface area contributed by atoms with Crippen molar-refractivity contribution in [3.8, 4) is 5.88 Å². The summed E-state index contributed by atoms with van der Waals surface area (Å²) in [6.45, 7) is 2.46. The zero-order valence-corrected chi connectivity index (χ0v) is 16.6. The predicted octanol–water partition coefficient (Wildman–Crippen LogP) is 1.92. The molecule has 0 aromatic carbocycles. The molecular formula is C21H27N5O2. The van der Waals surface area contributed by atoms with Crippen LogP contribution in [0, 0.1) is 0 Å². The second kappa shape index (κ2) is 6.58. The smallest absolute Gasteiger partial charge is 0.259 e. The van der Waals surface area contributed by atoms with Crippen molar-refractivity contribution < 1.29 is 9.53 Å². The number of likely N-dealkylation sites (N-methyl/N-ethyl adjacent to an activating group) is 1. The molecular weight excluding hydrogens is 354 g/mol. The van der Waals surface area contributed by atoms with Gasteiger partial charge in [0.15, 0.2) is 0 Å². The molecule has 0 radical (unpaired) electrons. The number of pyridine rings is 1. The number of H-pyrrole nitrogens is 1. The molecule has 1 amide bonds. The van der Waals surface area contributed by atoms with Crippen molar-refractivity contribution in [1.82, 2.24) is 24.8 Å². The van der Waals surface area contributed by atoms with Crippen LogP contribution in [-0.2, 0) is 24.8 Å². The summed E-state index contributed by atoms with van der Waals surface area (Å²) in [5.74, 6) is 0.505. The predicted molar refractivity (Wildman–Crippen MR) is 105 cm³/mol. The van der Waals surface area contributed by atoms with Gasteiger partial charge in [-0.3, -0.25) is 9.69 Å². The standard InChI is InChI=1S/C21H27N5O2/c1-25-9-6-17-18(23-13-22-17)21(25)7-10-26(11-8-21)20(27)15-12-14-4-3-5-16(14)24-19(15)28-2/h12-13H,3-11H2,1-2H3,(H,22,23). The Morgan fingerprint density at radius 1 is 1.21 bits per heavy atom. The monoisotopic (exact) mass is 381 g/mol. The van der Waals surface area contributed by atoms with Crippen molar-refractivity contribution in [2.24, 2.45) is 0 Å². The number of nitrogens with zero attached hydrogens (tertiary/aromatic N) is 4. The van der Waals surface area contributed by atoms with Gasteiger partial charge in [0.2, 0.25) is 5.88 Å². The molecule has 7 heteroatoms. The molecule has 2 aromatic rings. The molecule has 1 fully saturated rings. The summed E-state index contributed by atoms with van der Waals surface area (Å²) in [6.07, 6.45) is 7.70. The number of carbonyl (C=O) groups excluding carboxylic acids is 1. The molecule has 0 bridgehead atoms. The van der Waals surface area contributed by atoms with E-state index in [0.29, 0.717) is 11.4 Å². The van der Waals surface area contributed by atoms with Crippen LogP contribution in [0.15, 0.2) is 12.4 Å². The first-order valence-corrected chi connectivity index (χ1v) is 10.2. The number of ether oxygens (including phenoxy) is 1. The number of carbonyl (C=O) groups is 1. The number of fused-ring (bicyclic) bond motifs is 3. The third-order valence-electron chi connectivity index (χ3n) is 6.90. The largest absolute Gasteiger partial charge is 0.480 e. The molecule has 0 atom stereocenters. The molecule has 2 aliphatic heterocycles. The van der Waals surface area contributed by atoms with Crippen molar-refractivity contribution in [2.45, 2.75) is 44.1 Å². The Bertz CT molecular complexity index is 914. The summed E-state index contributed by atoms with van der Waals surface area (Å²) in [5.41, 5.74) is 5.25. The van der Waals surface area contributed by atoms with Crippen LogP contribution in [0.3, 0.4) is 0 Å². The fourth-order valence-corrected chi connectivity index (χ4v) is 5.22. The molecule has 1 aliphatic carbocycles. The van der Waals surface area contributed by atoms with Crippen LogP contribution in [0.2, 0.25) is 0 Å². The van der Waals surface area contributed by atoms with E-state index in [0.717, 1.165) is 63.9 Å². The van der Waals surface area contributed by atoms with Crippen LogP contribution in [0.25, 0.3) is 0 Å². The second-order valence-corrected chi connectivity index (χ2v) is 8.23. The van der Waals surface area contributed by atoms with Crippen LogP contribution in [0.5, 0.6) is 5.88 Å². The lowest BCUT2D eigenvalue weighted by atomic mass is 9.79. The van der Waals surface area contributed by atoms with Gasteiger partial charge in [-0.05, 0) is 50.8 Å². The number of aromatic nitrogens is 3. The van der Waals surface area contributed by atoms with Gasteiger partial charge in [0.1, 0.15) is 5.56 Å². The van der Waals surface area contributed by atoms with E-state index in [-0.39, 0.29) is 11.4 Å². The van der Waals surface area contributed by atoms with Crippen LogP contribution >= 0.6 is 0 Å². The summed E-state index contributed by atoms with van der Waals surface area (Å²) in [4.78, 5) is 30.3. The number of aryl methyl sites for hydroxylation is 2. The molecule has 5 rings (SSSR count). The molecule has 4 heterocycles. The van der Waals surface area contributed by atoms with E-state index < -0.39 is 0 Å². The maximum atomic E-state index is 13.3. The summed E-state index contributed by atoms with van der Waals surface area (Å²) in [6, 6.07) is 2.01. The van der Waals surface area contributed by atoms with Crippen molar-refractivity contribution in [3.63, 3.8) is 0 Å². The Labute approximate surface area is 165 Å². The number of aromatic amines is 1. The van der Waals surface area contributed by atoms with Gasteiger partial charge < -0.3 is 14.6 Å². The van der Waals surface area contributed by atoms with Gasteiger partial charge >= 0.3 is 0 Å². The van der Waals surface area contributed by atoms with Crippen molar-refractivity contribution >= 4 is 5.91 Å². The molecule has 3 aliphatic rings. The molecule has 2 aromatic heterocycles. The lowest BCUT2D eigenvalue weighted by Gasteiger charge is -2.49. The Balaban J connectivity index is 1.39. The van der Waals surface area contributed by atoms with Crippen LogP contribution < -0.4 is 4.74 Å². The van der Waals surface area contributed by atoms with E-state index in [2.05, 4.69) is 26.9 Å². The summed E-state index contributed by atoms with van der Waals surface area (Å²) in [5, 5.41) is 0. The van der Waals surface area contributed by atoms with Gasteiger partial charge in [0.05, 0.1) is 24.7 Å². The minimum absolute atomic E-state index is 0.0367. The van der Waals surface area contributed by atoms with E-state index in [9.17, 15) is 4.79 Å². The molecule has 0 unspecified atom stereocenters. The molecule has 7 nitrogen and oxygen atoms in total. The number of hydrogen-bond acceptors (Lipinski definition) is 5. The van der Waals surface area contributed by atoms with E-state index in [1.807, 2.05) is 17.3 Å². The summed E-state index contributed by atoms with van der Waals surface area (Å²) >= 11 is 0. The fourth-order valence-electron chi connectivity index (χ4n) is 5.22. The quantitative estimate of drug-likeness (QED) is 0.860. The van der Waals surface area contributed by atoms with Gasteiger partial charge in [-0.2, -0.15) is 0 Å². The van der Waals surface area contributed by atoms with Crippen molar-refractivity contribution in [1.29, 1.82) is 0 Å². The minimum atomic E-state index is -0.0648. The first-order chi connectivity index (χ1) is 13.6. The third kappa shape index (κ3) is 2.56. The van der Waals surface area contributed by atoms with Gasteiger partial charge in [-0.1, -0.05) is 0 Å². The molecule has 1 spiro atoms. The Morgan fingerprint density at radius 2 is 2.04 bits per heavy atom. The zero-order valence-electron chi connectivity index (χ0n) is 16.6. The lowest BCUT2D eigenvalue weighted by molar-refractivity contribution is 0.0224. The highest BCUT2D eigenvalue weighted by Gasteiger charge is 2.45. The highest BCUT2D eigenvalue weighted by atomic mass is 16.5. The Morgan fingerprint density at radius 3 is 2.82 bits per heavy atom. The number of nitrogens with one attached hydrogen (secondary N) is 1. The number of piperidine rings is 1. The highest BCUT2D eigenvalue weighted by Crippen LogP contribution is 2.41. The highest BCUT2D eigenvalue weighted by molar-refractivity contribution is 5.96. The van der Waals surface area contributed by atoms with Gasteiger partial charge in [-0.25, -0.2) is 9.97 Å². The fraction of sp³-hybridized carbons (Fsp3) is 0.571. The number of likely N-dealkylation sites (tertiary alicyclic amines) is 1. The Hall–Kier alpha value is -2.41. The van der Waals surface area contributed by atoms with Gasteiger partial charge in [-0.15, -0.1) is 0 Å². The summed E-state index contributed by atoms with van der Waals surface area (Å²) < 4.78 is 5.46. The number of amides is 1. The van der Waals surface area contributed by atoms with E-state index in [1.54, 1.807) is 7.11 Å². The molecule has 0 saturated carbocycles. The maximum Gasteiger partial charge on any atom is 0.259 e. The van der Waals surface area contributed by atoms with Crippen molar-refractivity contribution in [3.05, 3.63) is 40.6 Å². The molecule has 28 heavy (non-hydrogen) atoms. The van der Waals surface area contributed by atoms with Gasteiger partial charge in [0, 0.05) is 37.4 Å². The number of imidazole rings is 1. The SMILES string of the molecule is COc1nc2c(cc1C(=O)N1CCC3(CC1)c1nc[nH]c1CCN3C)CCC2. The van der Waals surface area contributed by atoms with Gasteiger partial charge in [0.25, 0.3) is 5.91 Å². The van der Waals surface area contributed by atoms with E-state index in [4.69, 9.17) is 4.74 Å². The van der Waals surface area contributed by atoms with E-state index >= 15 is 0 Å². The average molecular weight is 381 g/mol. The first-order valence-electron chi connectivity index (χ1n) is 10.2. The normalized spacial score (nSPS) is 20.9.